The fourth-order valence-corrected chi connectivity index (χ4v) is 3.39. The van der Waals surface area contributed by atoms with Crippen molar-refractivity contribution in [1.29, 1.82) is 5.26 Å². The first-order chi connectivity index (χ1) is 11.2. The van der Waals surface area contributed by atoms with E-state index in [1.54, 1.807) is 0 Å². The fraction of sp³-hybridized carbons (Fsp3) is 0.450. The molecular formula is C20H24ClNO2. The zero-order chi connectivity index (χ0) is 18.1. The van der Waals surface area contributed by atoms with Gasteiger partial charge in [-0.15, -0.1) is 11.6 Å². The summed E-state index contributed by atoms with van der Waals surface area (Å²) in [5, 5.41) is 19.3. The summed E-state index contributed by atoms with van der Waals surface area (Å²) < 4.78 is 6.03. The fourth-order valence-electron chi connectivity index (χ4n) is 3.05. The lowest BCUT2D eigenvalue weighted by Gasteiger charge is -2.39. The van der Waals surface area contributed by atoms with Gasteiger partial charge in [-0.05, 0) is 63.0 Å². The molecule has 0 saturated heterocycles. The first kappa shape index (κ1) is 18.6. The molecule has 0 aromatic heterocycles. The predicted octanol–water partition coefficient (Wildman–Crippen LogP) is 4.46. The average molecular weight is 346 g/mol. The Balaban J connectivity index is 2.34. The Kier molecular flexibility index (Phi) is 5.42. The van der Waals surface area contributed by atoms with E-state index in [2.05, 4.69) is 0 Å². The van der Waals surface area contributed by atoms with Gasteiger partial charge in [0, 0.05) is 5.92 Å². The van der Waals surface area contributed by atoms with E-state index in [1.165, 1.54) is 0 Å². The molecule has 1 aromatic rings. The molecule has 0 spiro atoms. The Labute approximate surface area is 149 Å². The molecule has 0 fully saturated rings. The minimum absolute atomic E-state index is 0.280. The van der Waals surface area contributed by atoms with E-state index >= 15 is 0 Å². The molecule has 2 rings (SSSR count). The van der Waals surface area contributed by atoms with Crippen LogP contribution in [0.2, 0.25) is 0 Å². The highest BCUT2D eigenvalue weighted by Crippen LogP contribution is 2.44. The van der Waals surface area contributed by atoms with Gasteiger partial charge in [-0.1, -0.05) is 23.8 Å². The van der Waals surface area contributed by atoms with Gasteiger partial charge in [-0.25, -0.2) is 0 Å². The third-order valence-electron chi connectivity index (χ3n) is 4.95. The molecule has 4 heteroatoms. The summed E-state index contributed by atoms with van der Waals surface area (Å²) in [5.41, 5.74) is 4.80. The molecule has 24 heavy (non-hydrogen) atoms. The number of halogens is 1. The van der Waals surface area contributed by atoms with Gasteiger partial charge in [0.05, 0.1) is 17.6 Å². The average Bonchev–Trinajstić information content (AvgIpc) is 2.53. The first-order valence-electron chi connectivity index (χ1n) is 8.04. The summed E-state index contributed by atoms with van der Waals surface area (Å²) in [4.78, 5) is -0.705. The maximum atomic E-state index is 10.1. The Morgan fingerprint density at radius 1 is 1.33 bits per heavy atom. The zero-order valence-electron chi connectivity index (χ0n) is 14.9. The molecule has 0 heterocycles. The van der Waals surface area contributed by atoms with Crippen LogP contribution in [0.25, 0.3) is 0 Å². The summed E-state index contributed by atoms with van der Waals surface area (Å²) in [7, 11) is 0. The van der Waals surface area contributed by atoms with Crippen LogP contribution in [0.3, 0.4) is 0 Å². The van der Waals surface area contributed by atoms with E-state index < -0.39 is 11.0 Å². The summed E-state index contributed by atoms with van der Waals surface area (Å²) in [6, 6.07) is 7.95. The minimum atomic E-state index is -1.18. The number of aryl methyl sites for hydroxylation is 2. The summed E-state index contributed by atoms with van der Waals surface area (Å²) in [5.74, 6) is 0.523. The van der Waals surface area contributed by atoms with E-state index in [0.717, 1.165) is 28.0 Å². The second-order valence-electron chi connectivity index (χ2n) is 6.69. The van der Waals surface area contributed by atoms with Gasteiger partial charge in [0.2, 0.25) is 0 Å². The number of benzene rings is 1. The molecule has 3 nitrogen and oxygen atoms in total. The first-order valence-corrected chi connectivity index (χ1v) is 8.42. The second-order valence-corrected chi connectivity index (χ2v) is 7.48. The highest BCUT2D eigenvalue weighted by molar-refractivity contribution is 6.26. The van der Waals surface area contributed by atoms with E-state index in [1.807, 2.05) is 65.0 Å². The number of allylic oxidation sites excluding steroid dienone is 3. The van der Waals surface area contributed by atoms with Crippen LogP contribution in [0.15, 0.2) is 41.0 Å². The molecule has 0 amide bonds. The number of rotatable bonds is 4. The molecule has 0 saturated carbocycles. The van der Waals surface area contributed by atoms with Crippen molar-refractivity contribution in [3.63, 3.8) is 0 Å². The van der Waals surface area contributed by atoms with Gasteiger partial charge in [-0.2, -0.15) is 5.26 Å². The van der Waals surface area contributed by atoms with Gasteiger partial charge in [0.1, 0.15) is 5.75 Å². The van der Waals surface area contributed by atoms with Crippen molar-refractivity contribution in [2.45, 2.75) is 45.6 Å². The van der Waals surface area contributed by atoms with E-state index in [0.29, 0.717) is 12.2 Å². The van der Waals surface area contributed by atoms with Crippen molar-refractivity contribution < 1.29 is 9.84 Å². The van der Waals surface area contributed by atoms with Crippen LogP contribution >= 0.6 is 11.6 Å². The molecule has 3 atom stereocenters. The zero-order valence-corrected chi connectivity index (χ0v) is 15.6. The number of nitriles is 1. The Bertz CT molecular complexity index is 740. The summed E-state index contributed by atoms with van der Waals surface area (Å²) in [6.45, 7) is 10.2. The largest absolute Gasteiger partial charge is 0.493 e. The number of alkyl halides is 1. The van der Waals surface area contributed by atoms with Gasteiger partial charge in [0.25, 0.3) is 0 Å². The lowest BCUT2D eigenvalue weighted by molar-refractivity contribution is 0.199. The maximum absolute atomic E-state index is 10.1. The van der Waals surface area contributed by atoms with Crippen LogP contribution < -0.4 is 4.74 Å². The number of hydrogen-bond donors (Lipinski definition) is 1. The third-order valence-corrected chi connectivity index (χ3v) is 5.50. The van der Waals surface area contributed by atoms with E-state index in [9.17, 15) is 5.11 Å². The second kappa shape index (κ2) is 7.01. The molecular weight excluding hydrogens is 322 g/mol. The maximum Gasteiger partial charge on any atom is 0.162 e. The summed E-state index contributed by atoms with van der Waals surface area (Å²) >= 11 is 6.82. The van der Waals surface area contributed by atoms with Gasteiger partial charge in [0.15, 0.2) is 6.10 Å². The number of ether oxygens (including phenoxy) is 1. The molecule has 128 valence electrons. The van der Waals surface area contributed by atoms with Crippen molar-refractivity contribution in [2.24, 2.45) is 5.92 Å². The lowest BCUT2D eigenvalue weighted by Crippen LogP contribution is -2.41. The van der Waals surface area contributed by atoms with Crippen molar-refractivity contribution in [3.05, 3.63) is 52.1 Å². The van der Waals surface area contributed by atoms with Gasteiger partial charge in [-0.3, -0.25) is 0 Å². The van der Waals surface area contributed by atoms with Crippen molar-refractivity contribution in [3.8, 4) is 11.8 Å². The van der Waals surface area contributed by atoms with Crippen molar-refractivity contribution in [1.82, 2.24) is 0 Å². The smallest absolute Gasteiger partial charge is 0.162 e. The number of nitrogens with zero attached hydrogens (tertiary/aromatic N) is 1. The van der Waals surface area contributed by atoms with Crippen molar-refractivity contribution in [2.75, 3.05) is 6.61 Å². The topological polar surface area (TPSA) is 53.2 Å². The molecule has 1 N–H and O–H groups in total. The number of hydrogen-bond acceptors (Lipinski definition) is 3. The number of aliphatic hydroxyl groups is 1. The highest BCUT2D eigenvalue weighted by Gasteiger charge is 2.42. The van der Waals surface area contributed by atoms with Gasteiger partial charge < -0.3 is 9.84 Å². The normalized spacial score (nSPS) is 25.1. The van der Waals surface area contributed by atoms with Crippen molar-refractivity contribution >= 4 is 11.6 Å². The third kappa shape index (κ3) is 3.50. The Morgan fingerprint density at radius 2 is 2.00 bits per heavy atom. The van der Waals surface area contributed by atoms with Gasteiger partial charge >= 0.3 is 0 Å². The van der Waals surface area contributed by atoms with E-state index in [-0.39, 0.29) is 5.92 Å². The predicted molar refractivity (Wildman–Crippen MR) is 97.2 cm³/mol. The van der Waals surface area contributed by atoms with E-state index in [4.69, 9.17) is 21.6 Å². The standard InChI is InChI=1S/C20H24ClNO2/c1-12-6-7-13(2)19(8-12)24-11-17-16(18(23)10-22)9-14(3)15(4)20(17,5)21/h6-9,17-18,23H,11H2,1-5H3. The highest BCUT2D eigenvalue weighted by atomic mass is 35.5. The minimum Gasteiger partial charge on any atom is -0.493 e. The molecule has 0 bridgehead atoms. The SMILES string of the molecule is CC1=C(C)C(C)(Cl)C(COc2cc(C)ccc2C)C(C(O)C#N)=C1. The Hall–Kier alpha value is -1.76. The van der Waals surface area contributed by atoms with Crippen LogP contribution in [0.5, 0.6) is 5.75 Å². The quantitative estimate of drug-likeness (QED) is 0.647. The molecule has 3 unspecified atom stereocenters. The molecule has 1 aliphatic carbocycles. The molecule has 0 radical (unpaired) electrons. The monoisotopic (exact) mass is 345 g/mol. The van der Waals surface area contributed by atoms with Crippen LogP contribution in [-0.2, 0) is 0 Å². The Morgan fingerprint density at radius 3 is 2.62 bits per heavy atom. The lowest BCUT2D eigenvalue weighted by atomic mass is 9.74. The van der Waals surface area contributed by atoms with Crippen LogP contribution in [0.4, 0.5) is 0 Å². The number of aliphatic hydroxyl groups excluding tert-OH is 1. The molecule has 1 aliphatic rings. The summed E-state index contributed by atoms with van der Waals surface area (Å²) in [6.07, 6.45) is 0.683. The van der Waals surface area contributed by atoms with Crippen LogP contribution in [0, 0.1) is 31.1 Å². The van der Waals surface area contributed by atoms with Crippen LogP contribution in [0.1, 0.15) is 31.9 Å². The van der Waals surface area contributed by atoms with Crippen LogP contribution in [-0.4, -0.2) is 22.7 Å². The molecule has 1 aromatic carbocycles. The molecule has 0 aliphatic heterocycles.